The zero-order valence-corrected chi connectivity index (χ0v) is 16.1. The maximum Gasteiger partial charge on any atom is 0.251 e. The van der Waals surface area contributed by atoms with Gasteiger partial charge in [0, 0.05) is 43.5 Å². The quantitative estimate of drug-likeness (QED) is 0.841. The summed E-state index contributed by atoms with van der Waals surface area (Å²) in [4.78, 5) is 30.6. The molecule has 1 aromatic carbocycles. The molecule has 4 rings (SSSR count). The van der Waals surface area contributed by atoms with Gasteiger partial charge in [0.1, 0.15) is 0 Å². The summed E-state index contributed by atoms with van der Waals surface area (Å²) >= 11 is 0. The van der Waals surface area contributed by atoms with Crippen LogP contribution in [0.25, 0.3) is 0 Å². The van der Waals surface area contributed by atoms with Gasteiger partial charge in [-0.15, -0.1) is 0 Å². The Balaban J connectivity index is 1.24. The first-order chi connectivity index (χ1) is 13.7. The Morgan fingerprint density at radius 1 is 1.00 bits per heavy atom. The number of amides is 2. The minimum atomic E-state index is -0.0673. The molecular formula is C23H27N3O2. The average molecular weight is 377 g/mol. The van der Waals surface area contributed by atoms with Crippen LogP contribution in [0.2, 0.25) is 0 Å². The van der Waals surface area contributed by atoms with Gasteiger partial charge >= 0.3 is 0 Å². The van der Waals surface area contributed by atoms with Crippen LogP contribution in [0, 0.1) is 11.8 Å². The van der Waals surface area contributed by atoms with E-state index < -0.39 is 0 Å². The van der Waals surface area contributed by atoms with Gasteiger partial charge < -0.3 is 10.2 Å². The summed E-state index contributed by atoms with van der Waals surface area (Å²) in [5, 5.41) is 2.93. The van der Waals surface area contributed by atoms with Crippen molar-refractivity contribution in [3.8, 4) is 0 Å². The highest BCUT2D eigenvalue weighted by Crippen LogP contribution is 2.32. The lowest BCUT2D eigenvalue weighted by Gasteiger charge is -2.32. The summed E-state index contributed by atoms with van der Waals surface area (Å²) in [5.41, 5.74) is 2.92. The average Bonchev–Trinajstić information content (AvgIpc) is 3.59. The molecule has 5 heteroatoms. The Morgan fingerprint density at radius 3 is 2.39 bits per heavy atom. The standard InChI is InChI=1S/C23H27N3O2/c27-22(25-16-19-2-1-11-24-15-19)20-5-3-17(4-6-20)14-18-9-12-26(13-10-18)23(28)21-7-8-21/h1-6,11,15,18,21H,7-10,12-14,16H2,(H,25,27). The maximum absolute atomic E-state index is 12.3. The van der Waals surface area contributed by atoms with Crippen molar-refractivity contribution in [2.24, 2.45) is 11.8 Å². The monoisotopic (exact) mass is 377 g/mol. The number of pyridine rings is 1. The van der Waals surface area contributed by atoms with E-state index in [9.17, 15) is 9.59 Å². The van der Waals surface area contributed by atoms with Crippen molar-refractivity contribution in [3.63, 3.8) is 0 Å². The van der Waals surface area contributed by atoms with Crippen molar-refractivity contribution >= 4 is 11.8 Å². The van der Waals surface area contributed by atoms with Crippen molar-refractivity contribution in [1.82, 2.24) is 15.2 Å². The first-order valence-corrected chi connectivity index (χ1v) is 10.2. The van der Waals surface area contributed by atoms with Gasteiger partial charge in [-0.05, 0) is 67.3 Å². The topological polar surface area (TPSA) is 62.3 Å². The molecular weight excluding hydrogens is 350 g/mol. The first-order valence-electron chi connectivity index (χ1n) is 10.2. The Morgan fingerprint density at radius 2 is 1.75 bits per heavy atom. The highest BCUT2D eigenvalue weighted by atomic mass is 16.2. The van der Waals surface area contributed by atoms with E-state index in [1.807, 2.05) is 24.3 Å². The van der Waals surface area contributed by atoms with E-state index in [0.29, 0.717) is 29.9 Å². The number of benzene rings is 1. The third-order valence-electron chi connectivity index (χ3n) is 5.77. The lowest BCUT2D eigenvalue weighted by molar-refractivity contribution is -0.133. The molecule has 1 saturated heterocycles. The number of carbonyl (C=O) groups excluding carboxylic acids is 2. The van der Waals surface area contributed by atoms with Crippen LogP contribution in [0.4, 0.5) is 0 Å². The van der Waals surface area contributed by atoms with Crippen molar-refractivity contribution in [2.45, 2.75) is 38.6 Å². The maximum atomic E-state index is 12.3. The predicted molar refractivity (Wildman–Crippen MR) is 108 cm³/mol. The number of hydrogen-bond acceptors (Lipinski definition) is 3. The summed E-state index contributed by atoms with van der Waals surface area (Å²) in [5.74, 6) is 1.25. The molecule has 0 spiro atoms. The van der Waals surface area contributed by atoms with Crippen LogP contribution in [0.5, 0.6) is 0 Å². The van der Waals surface area contributed by atoms with E-state index in [2.05, 4.69) is 27.3 Å². The van der Waals surface area contributed by atoms with E-state index in [-0.39, 0.29) is 5.91 Å². The minimum absolute atomic E-state index is 0.0673. The molecule has 2 aliphatic rings. The summed E-state index contributed by atoms with van der Waals surface area (Å²) in [6.07, 6.45) is 8.81. The van der Waals surface area contributed by atoms with Crippen LogP contribution in [0.1, 0.15) is 47.2 Å². The fraction of sp³-hybridized carbons (Fsp3) is 0.435. The molecule has 1 N–H and O–H groups in total. The van der Waals surface area contributed by atoms with Crippen LogP contribution in [-0.2, 0) is 17.8 Å². The number of nitrogens with one attached hydrogen (secondary N) is 1. The van der Waals surface area contributed by atoms with E-state index in [1.165, 1.54) is 5.56 Å². The number of nitrogens with zero attached hydrogens (tertiary/aromatic N) is 2. The van der Waals surface area contributed by atoms with E-state index in [1.54, 1.807) is 12.4 Å². The summed E-state index contributed by atoms with van der Waals surface area (Å²) in [7, 11) is 0. The molecule has 146 valence electrons. The third kappa shape index (κ3) is 4.77. The van der Waals surface area contributed by atoms with Crippen molar-refractivity contribution in [1.29, 1.82) is 0 Å². The van der Waals surface area contributed by atoms with Gasteiger partial charge in [0.2, 0.25) is 5.91 Å². The van der Waals surface area contributed by atoms with Crippen molar-refractivity contribution in [3.05, 3.63) is 65.5 Å². The number of rotatable bonds is 6. The largest absolute Gasteiger partial charge is 0.348 e. The first kappa shape index (κ1) is 18.7. The highest BCUT2D eigenvalue weighted by molar-refractivity contribution is 5.94. The number of carbonyl (C=O) groups is 2. The van der Waals surface area contributed by atoms with Crippen LogP contribution in [-0.4, -0.2) is 34.8 Å². The Hall–Kier alpha value is -2.69. The fourth-order valence-electron chi connectivity index (χ4n) is 3.86. The normalized spacial score (nSPS) is 17.4. The number of piperidine rings is 1. The fourth-order valence-corrected chi connectivity index (χ4v) is 3.86. The van der Waals surface area contributed by atoms with Crippen LogP contribution in [0.15, 0.2) is 48.8 Å². The molecule has 0 radical (unpaired) electrons. The molecule has 0 atom stereocenters. The summed E-state index contributed by atoms with van der Waals surface area (Å²) in [6, 6.07) is 11.7. The minimum Gasteiger partial charge on any atom is -0.348 e. The zero-order chi connectivity index (χ0) is 19.3. The lowest BCUT2D eigenvalue weighted by atomic mass is 9.89. The Kier molecular flexibility index (Phi) is 5.70. The van der Waals surface area contributed by atoms with Gasteiger partial charge in [-0.3, -0.25) is 14.6 Å². The van der Waals surface area contributed by atoms with Gasteiger partial charge in [0.15, 0.2) is 0 Å². The molecule has 28 heavy (non-hydrogen) atoms. The Labute approximate surface area is 166 Å². The van der Waals surface area contributed by atoms with Gasteiger partial charge in [-0.2, -0.15) is 0 Å². The van der Waals surface area contributed by atoms with Crippen LogP contribution >= 0.6 is 0 Å². The van der Waals surface area contributed by atoms with E-state index >= 15 is 0 Å². The lowest BCUT2D eigenvalue weighted by Crippen LogP contribution is -2.39. The van der Waals surface area contributed by atoms with Crippen molar-refractivity contribution in [2.75, 3.05) is 13.1 Å². The van der Waals surface area contributed by atoms with Crippen LogP contribution in [0.3, 0.4) is 0 Å². The second-order valence-electron chi connectivity index (χ2n) is 7.99. The molecule has 1 aliphatic carbocycles. The molecule has 1 aliphatic heterocycles. The summed E-state index contributed by atoms with van der Waals surface area (Å²) in [6.45, 7) is 2.27. The molecule has 2 heterocycles. The molecule has 1 saturated carbocycles. The molecule has 0 unspecified atom stereocenters. The van der Waals surface area contributed by atoms with Gasteiger partial charge in [0.05, 0.1) is 0 Å². The zero-order valence-electron chi connectivity index (χ0n) is 16.1. The van der Waals surface area contributed by atoms with Gasteiger partial charge in [-0.1, -0.05) is 18.2 Å². The van der Waals surface area contributed by atoms with E-state index in [4.69, 9.17) is 0 Å². The van der Waals surface area contributed by atoms with Gasteiger partial charge in [-0.25, -0.2) is 0 Å². The molecule has 0 bridgehead atoms. The predicted octanol–water partition coefficient (Wildman–Crippen LogP) is 3.20. The SMILES string of the molecule is O=C(NCc1cccnc1)c1ccc(CC2CCN(C(=O)C3CC3)CC2)cc1. The summed E-state index contributed by atoms with van der Waals surface area (Å²) < 4.78 is 0. The van der Waals surface area contributed by atoms with Crippen molar-refractivity contribution < 1.29 is 9.59 Å². The Bertz CT molecular complexity index is 808. The smallest absolute Gasteiger partial charge is 0.251 e. The number of hydrogen-bond donors (Lipinski definition) is 1. The molecule has 2 aromatic rings. The second kappa shape index (κ2) is 8.55. The highest BCUT2D eigenvalue weighted by Gasteiger charge is 2.34. The van der Waals surface area contributed by atoms with Crippen LogP contribution < -0.4 is 5.32 Å². The number of likely N-dealkylation sites (tertiary alicyclic amines) is 1. The molecule has 5 nitrogen and oxygen atoms in total. The molecule has 1 aromatic heterocycles. The third-order valence-corrected chi connectivity index (χ3v) is 5.77. The number of aromatic nitrogens is 1. The molecule has 2 amide bonds. The second-order valence-corrected chi connectivity index (χ2v) is 7.99. The van der Waals surface area contributed by atoms with E-state index in [0.717, 1.165) is 50.8 Å². The van der Waals surface area contributed by atoms with Gasteiger partial charge in [0.25, 0.3) is 5.91 Å². The molecule has 2 fully saturated rings.